The fourth-order valence-electron chi connectivity index (χ4n) is 5.86. The predicted molar refractivity (Wildman–Crippen MR) is 113 cm³/mol. The first-order chi connectivity index (χ1) is 14.2. The van der Waals surface area contributed by atoms with E-state index in [1.807, 2.05) is 4.72 Å². The van der Waals surface area contributed by atoms with Gasteiger partial charge in [-0.15, -0.1) is 0 Å². The molecule has 0 heterocycles. The summed E-state index contributed by atoms with van der Waals surface area (Å²) in [4.78, 5) is 12.2. The Morgan fingerprint density at radius 1 is 1.20 bits per heavy atom. The number of hydrogen-bond donors (Lipinski definition) is 1. The second-order valence-corrected chi connectivity index (χ2v) is 11.5. The molecule has 1 N–H and O–H groups in total. The van der Waals surface area contributed by atoms with Crippen LogP contribution in [0.2, 0.25) is 0 Å². The minimum atomic E-state index is -3.75. The Labute approximate surface area is 178 Å². The molecule has 1 amide bonds. The van der Waals surface area contributed by atoms with Gasteiger partial charge in [-0.1, -0.05) is 20.3 Å². The monoisotopic (exact) mass is 437 g/mol. The second-order valence-electron chi connectivity index (χ2n) is 9.70. The Balaban J connectivity index is 1.47. The maximum absolute atomic E-state index is 14.6. The van der Waals surface area contributed by atoms with Gasteiger partial charge in [-0.2, -0.15) is 0 Å². The quantitative estimate of drug-likeness (QED) is 0.683. The van der Waals surface area contributed by atoms with Crippen LogP contribution >= 0.6 is 0 Å². The molecule has 0 aromatic heterocycles. The number of ether oxygens (including phenoxy) is 1. The molecule has 3 fully saturated rings. The molecule has 0 spiro atoms. The molecule has 166 valence electrons. The molecule has 0 bridgehead atoms. The van der Waals surface area contributed by atoms with Gasteiger partial charge in [0.2, 0.25) is 10.0 Å². The largest absolute Gasteiger partial charge is 0.493 e. The first-order valence-electron chi connectivity index (χ1n) is 11.1. The van der Waals surface area contributed by atoms with Gasteiger partial charge in [0.25, 0.3) is 5.91 Å². The van der Waals surface area contributed by atoms with E-state index in [0.717, 1.165) is 48.3 Å². The van der Waals surface area contributed by atoms with E-state index in [1.165, 1.54) is 37.8 Å². The summed E-state index contributed by atoms with van der Waals surface area (Å²) in [6.07, 6.45) is 7.77. The first kappa shape index (κ1) is 21.6. The van der Waals surface area contributed by atoms with E-state index in [2.05, 4.69) is 13.8 Å². The van der Waals surface area contributed by atoms with Gasteiger partial charge in [-0.3, -0.25) is 4.79 Å². The van der Waals surface area contributed by atoms with Crippen LogP contribution in [-0.2, 0) is 10.0 Å². The average Bonchev–Trinajstić information content (AvgIpc) is 3.34. The lowest BCUT2D eigenvalue weighted by Crippen LogP contribution is -2.30. The van der Waals surface area contributed by atoms with Gasteiger partial charge in [0.1, 0.15) is 11.6 Å². The lowest BCUT2D eigenvalue weighted by atomic mass is 9.89. The van der Waals surface area contributed by atoms with Crippen LogP contribution < -0.4 is 9.46 Å². The third-order valence-electron chi connectivity index (χ3n) is 7.41. The number of fused-ring (bicyclic) bond motifs is 1. The van der Waals surface area contributed by atoms with Crippen LogP contribution in [0.4, 0.5) is 4.39 Å². The van der Waals surface area contributed by atoms with Crippen LogP contribution in [-0.4, -0.2) is 27.2 Å². The van der Waals surface area contributed by atoms with E-state index in [4.69, 9.17) is 4.74 Å². The Morgan fingerprint density at radius 3 is 2.53 bits per heavy atom. The summed E-state index contributed by atoms with van der Waals surface area (Å²) in [6, 6.07) is 2.74. The molecule has 4 rings (SSSR count). The summed E-state index contributed by atoms with van der Waals surface area (Å²) in [5, 5.41) is 0. The number of carbonyl (C=O) groups is 1. The highest BCUT2D eigenvalue weighted by Crippen LogP contribution is 2.54. The van der Waals surface area contributed by atoms with Gasteiger partial charge in [-0.25, -0.2) is 17.5 Å². The number of benzene rings is 1. The Bertz CT molecular complexity index is 927. The number of amides is 1. The zero-order valence-corrected chi connectivity index (χ0v) is 18.8. The van der Waals surface area contributed by atoms with E-state index in [9.17, 15) is 17.6 Å². The van der Waals surface area contributed by atoms with Crippen molar-refractivity contribution in [1.82, 2.24) is 4.72 Å². The SMILES string of the molecule is CCC1CC(C)C2CC(COc3cc(F)c(C(=O)NS(C)(=O)=O)cc3C3CC3)CC12. The molecule has 3 saturated carbocycles. The molecule has 30 heavy (non-hydrogen) atoms. The van der Waals surface area contributed by atoms with Crippen molar-refractivity contribution < 1.29 is 22.3 Å². The van der Waals surface area contributed by atoms with Crippen molar-refractivity contribution in [1.29, 1.82) is 0 Å². The molecule has 0 radical (unpaired) electrons. The van der Waals surface area contributed by atoms with Crippen LogP contribution in [0.25, 0.3) is 0 Å². The van der Waals surface area contributed by atoms with Gasteiger partial charge < -0.3 is 4.74 Å². The zero-order valence-electron chi connectivity index (χ0n) is 18.0. The molecule has 5 atom stereocenters. The van der Waals surface area contributed by atoms with E-state index in [1.54, 1.807) is 0 Å². The molecular weight excluding hydrogens is 405 g/mol. The third-order valence-corrected chi connectivity index (χ3v) is 7.97. The number of sulfonamides is 1. The summed E-state index contributed by atoms with van der Waals surface area (Å²) in [6.45, 7) is 5.23. The van der Waals surface area contributed by atoms with Crippen LogP contribution in [0.1, 0.15) is 74.2 Å². The first-order valence-corrected chi connectivity index (χ1v) is 13.0. The average molecular weight is 438 g/mol. The fraction of sp³-hybridized carbons (Fsp3) is 0.696. The second kappa shape index (κ2) is 8.13. The molecule has 1 aromatic carbocycles. The van der Waals surface area contributed by atoms with Crippen molar-refractivity contribution in [2.24, 2.45) is 29.6 Å². The van der Waals surface area contributed by atoms with Crippen LogP contribution in [0, 0.1) is 35.4 Å². The van der Waals surface area contributed by atoms with E-state index >= 15 is 0 Å². The van der Waals surface area contributed by atoms with Crippen molar-refractivity contribution in [3.63, 3.8) is 0 Å². The summed E-state index contributed by atoms with van der Waals surface area (Å²) in [5.41, 5.74) is 0.567. The summed E-state index contributed by atoms with van der Waals surface area (Å²) >= 11 is 0. The topological polar surface area (TPSA) is 72.5 Å². The molecule has 7 heteroatoms. The third kappa shape index (κ3) is 4.51. The van der Waals surface area contributed by atoms with Gasteiger partial charge in [0, 0.05) is 6.07 Å². The smallest absolute Gasteiger partial charge is 0.267 e. The van der Waals surface area contributed by atoms with Gasteiger partial charge in [0.15, 0.2) is 0 Å². The van der Waals surface area contributed by atoms with Gasteiger partial charge in [-0.05, 0) is 79.2 Å². The Hall–Kier alpha value is -1.63. The molecule has 0 aliphatic heterocycles. The van der Waals surface area contributed by atoms with E-state index < -0.39 is 21.7 Å². The standard InChI is InChI=1S/C23H32FNO4S/c1-4-15-7-13(2)17-8-14(9-18(15)17)12-29-22-11-21(24)20(10-19(22)16-5-6-16)23(26)25-30(3,27)28/h10-11,13-18H,4-9,12H2,1-3H3,(H,25,26). The van der Waals surface area contributed by atoms with Gasteiger partial charge >= 0.3 is 0 Å². The molecule has 1 aromatic rings. The number of halogens is 1. The summed E-state index contributed by atoms with van der Waals surface area (Å²) in [5.74, 6) is 2.72. The highest BCUT2D eigenvalue weighted by molar-refractivity contribution is 7.89. The van der Waals surface area contributed by atoms with Crippen LogP contribution in [0.3, 0.4) is 0 Å². The fourth-order valence-corrected chi connectivity index (χ4v) is 6.31. The van der Waals surface area contributed by atoms with Crippen molar-refractivity contribution in [3.8, 4) is 5.75 Å². The molecule has 3 aliphatic carbocycles. The maximum Gasteiger partial charge on any atom is 0.267 e. The molecule has 0 saturated heterocycles. The summed E-state index contributed by atoms with van der Waals surface area (Å²) in [7, 11) is -3.75. The Morgan fingerprint density at radius 2 is 1.90 bits per heavy atom. The number of hydrogen-bond acceptors (Lipinski definition) is 4. The number of nitrogens with one attached hydrogen (secondary N) is 1. The normalized spacial score (nSPS) is 30.9. The molecule has 5 unspecified atom stereocenters. The maximum atomic E-state index is 14.6. The van der Waals surface area contributed by atoms with Crippen LogP contribution in [0.15, 0.2) is 12.1 Å². The van der Waals surface area contributed by atoms with Crippen molar-refractivity contribution in [2.75, 3.05) is 12.9 Å². The van der Waals surface area contributed by atoms with Crippen LogP contribution in [0.5, 0.6) is 5.75 Å². The minimum absolute atomic E-state index is 0.246. The number of rotatable bonds is 7. The molecule has 3 aliphatic rings. The summed E-state index contributed by atoms with van der Waals surface area (Å²) < 4.78 is 45.3. The molecule has 5 nitrogen and oxygen atoms in total. The van der Waals surface area contributed by atoms with E-state index in [-0.39, 0.29) is 11.5 Å². The predicted octanol–water partition coefficient (Wildman–Crippen LogP) is 4.48. The Kier molecular flexibility index (Phi) is 5.86. The lowest BCUT2D eigenvalue weighted by molar-refractivity contribution is 0.0977. The van der Waals surface area contributed by atoms with Crippen molar-refractivity contribution in [3.05, 3.63) is 29.1 Å². The number of carbonyl (C=O) groups excluding carboxylic acids is 1. The van der Waals surface area contributed by atoms with Crippen molar-refractivity contribution in [2.45, 2.75) is 58.3 Å². The zero-order chi connectivity index (χ0) is 21.6. The minimum Gasteiger partial charge on any atom is -0.493 e. The highest BCUT2D eigenvalue weighted by atomic mass is 32.2. The highest BCUT2D eigenvalue weighted by Gasteiger charge is 2.46. The van der Waals surface area contributed by atoms with Gasteiger partial charge in [0.05, 0.1) is 18.4 Å². The molecular formula is C23H32FNO4S. The lowest BCUT2D eigenvalue weighted by Gasteiger charge is -2.19. The van der Waals surface area contributed by atoms with Crippen molar-refractivity contribution >= 4 is 15.9 Å². The van der Waals surface area contributed by atoms with E-state index in [0.29, 0.717) is 18.3 Å².